The van der Waals surface area contributed by atoms with Gasteiger partial charge in [-0.25, -0.2) is 9.48 Å². The van der Waals surface area contributed by atoms with Crippen molar-refractivity contribution in [1.29, 1.82) is 0 Å². The van der Waals surface area contributed by atoms with Gasteiger partial charge in [0.2, 0.25) is 11.1 Å². The number of carbonyl (C=O) groups excluding carboxylic acids is 1. The number of rotatable bonds is 10. The SMILES string of the molecule is CCOC(=O)C1=C(C)Nc2nc(SCC)nn2C1c1ccc(OCc2ccccc2)c(OCC)c1. The van der Waals surface area contributed by atoms with Crippen molar-refractivity contribution in [2.45, 2.75) is 45.5 Å². The number of thioether (sulfide) groups is 1. The average Bonchev–Trinajstić information content (AvgIpc) is 3.25. The Hall–Kier alpha value is -3.46. The molecule has 3 aromatic rings. The third kappa shape index (κ3) is 5.45. The molecule has 1 aliphatic heterocycles. The van der Waals surface area contributed by atoms with Crippen molar-refractivity contribution in [3.05, 3.63) is 70.9 Å². The van der Waals surface area contributed by atoms with Gasteiger partial charge in [-0.1, -0.05) is 55.1 Å². The van der Waals surface area contributed by atoms with Gasteiger partial charge in [0.05, 0.1) is 18.8 Å². The first-order chi connectivity index (χ1) is 17.0. The number of ether oxygens (including phenoxy) is 3. The topological polar surface area (TPSA) is 87.5 Å². The van der Waals surface area contributed by atoms with E-state index < -0.39 is 12.0 Å². The maximum atomic E-state index is 13.0. The first kappa shape index (κ1) is 24.7. The Balaban J connectivity index is 1.74. The van der Waals surface area contributed by atoms with Crippen LogP contribution in [-0.2, 0) is 16.1 Å². The fourth-order valence-electron chi connectivity index (χ4n) is 3.92. The first-order valence-electron chi connectivity index (χ1n) is 11.7. The van der Waals surface area contributed by atoms with Crippen LogP contribution in [-0.4, -0.2) is 39.7 Å². The lowest BCUT2D eigenvalue weighted by Gasteiger charge is -2.28. The molecule has 1 atom stereocenters. The third-order valence-electron chi connectivity index (χ3n) is 5.42. The zero-order valence-electron chi connectivity index (χ0n) is 20.4. The number of anilines is 1. The Morgan fingerprint density at radius 1 is 1.06 bits per heavy atom. The molecule has 0 aliphatic carbocycles. The molecule has 2 heterocycles. The van der Waals surface area contributed by atoms with Crippen LogP contribution in [0.15, 0.2) is 65.0 Å². The molecule has 8 nitrogen and oxygen atoms in total. The zero-order valence-corrected chi connectivity index (χ0v) is 21.2. The highest BCUT2D eigenvalue weighted by atomic mass is 32.2. The molecule has 184 valence electrons. The molecule has 0 saturated heterocycles. The summed E-state index contributed by atoms with van der Waals surface area (Å²) in [6.07, 6.45) is 0. The monoisotopic (exact) mass is 494 g/mol. The highest BCUT2D eigenvalue weighted by Gasteiger charge is 2.35. The second kappa shape index (κ2) is 11.3. The second-order valence-corrected chi connectivity index (χ2v) is 9.03. The van der Waals surface area contributed by atoms with Gasteiger partial charge in [-0.3, -0.25) is 0 Å². The van der Waals surface area contributed by atoms with E-state index in [0.717, 1.165) is 16.9 Å². The lowest BCUT2D eigenvalue weighted by atomic mass is 9.95. The molecule has 0 amide bonds. The predicted octanol–water partition coefficient (Wildman–Crippen LogP) is 5.22. The van der Waals surface area contributed by atoms with Crippen molar-refractivity contribution in [3.63, 3.8) is 0 Å². The van der Waals surface area contributed by atoms with E-state index in [4.69, 9.17) is 19.3 Å². The predicted molar refractivity (Wildman–Crippen MR) is 136 cm³/mol. The largest absolute Gasteiger partial charge is 0.490 e. The van der Waals surface area contributed by atoms with E-state index in [1.807, 2.05) is 69.3 Å². The fraction of sp³-hybridized carbons (Fsp3) is 0.346. The van der Waals surface area contributed by atoms with Gasteiger partial charge in [0.15, 0.2) is 11.5 Å². The van der Waals surface area contributed by atoms with Gasteiger partial charge in [-0.2, -0.15) is 4.98 Å². The lowest BCUT2D eigenvalue weighted by molar-refractivity contribution is -0.139. The Morgan fingerprint density at radius 3 is 2.57 bits per heavy atom. The summed E-state index contributed by atoms with van der Waals surface area (Å²) in [7, 11) is 0. The summed E-state index contributed by atoms with van der Waals surface area (Å²) in [5.74, 6) is 2.26. The standard InChI is InChI=1S/C26H30N4O4S/c1-5-32-21-15-19(13-14-20(21)34-16-18-11-9-8-10-12-18)23-22(24(31)33-6-2)17(4)27-25-28-26(35-7-3)29-30(23)25/h8-15,23H,5-7,16H2,1-4H3,(H,27,28,29). The van der Waals surface area contributed by atoms with Crippen LogP contribution >= 0.6 is 11.8 Å². The molecular weight excluding hydrogens is 464 g/mol. The fourth-order valence-corrected chi connectivity index (χ4v) is 4.48. The Labute approximate surface area is 209 Å². The molecule has 0 bridgehead atoms. The molecular formula is C26H30N4O4S. The molecule has 1 unspecified atom stereocenters. The normalized spacial score (nSPS) is 14.8. The molecule has 35 heavy (non-hydrogen) atoms. The number of esters is 1. The number of fused-ring (bicyclic) bond motifs is 1. The molecule has 9 heteroatoms. The molecule has 2 aromatic carbocycles. The van der Waals surface area contributed by atoms with Crippen molar-refractivity contribution in [2.24, 2.45) is 0 Å². The number of allylic oxidation sites excluding steroid dienone is 1. The minimum absolute atomic E-state index is 0.278. The van der Waals surface area contributed by atoms with E-state index in [2.05, 4.69) is 10.3 Å². The number of aromatic nitrogens is 3. The summed E-state index contributed by atoms with van der Waals surface area (Å²) in [4.78, 5) is 17.6. The molecule has 0 spiro atoms. The quantitative estimate of drug-likeness (QED) is 0.303. The molecule has 1 aromatic heterocycles. The van der Waals surface area contributed by atoms with Crippen LogP contribution in [0.3, 0.4) is 0 Å². The van der Waals surface area contributed by atoms with Crippen molar-refractivity contribution in [3.8, 4) is 11.5 Å². The maximum absolute atomic E-state index is 13.0. The molecule has 0 saturated carbocycles. The van der Waals surface area contributed by atoms with Crippen molar-refractivity contribution >= 4 is 23.7 Å². The molecule has 1 N–H and O–H groups in total. The van der Waals surface area contributed by atoms with Crippen LogP contribution in [0, 0.1) is 0 Å². The van der Waals surface area contributed by atoms with Gasteiger partial charge in [0.1, 0.15) is 12.6 Å². The number of carbonyl (C=O) groups is 1. The van der Waals surface area contributed by atoms with E-state index in [9.17, 15) is 4.79 Å². The van der Waals surface area contributed by atoms with Gasteiger partial charge in [0, 0.05) is 5.70 Å². The van der Waals surface area contributed by atoms with Crippen molar-refractivity contribution in [2.75, 3.05) is 24.3 Å². The summed E-state index contributed by atoms with van der Waals surface area (Å²) >= 11 is 1.54. The van der Waals surface area contributed by atoms with Gasteiger partial charge in [-0.15, -0.1) is 5.10 Å². The van der Waals surface area contributed by atoms with Crippen molar-refractivity contribution in [1.82, 2.24) is 14.8 Å². The third-order valence-corrected chi connectivity index (χ3v) is 6.14. The summed E-state index contributed by atoms with van der Waals surface area (Å²) in [5.41, 5.74) is 3.05. The molecule has 1 aliphatic rings. The van der Waals surface area contributed by atoms with Crippen LogP contribution in [0.25, 0.3) is 0 Å². The average molecular weight is 495 g/mol. The first-order valence-corrected chi connectivity index (χ1v) is 12.7. The zero-order chi connectivity index (χ0) is 24.8. The van der Waals surface area contributed by atoms with E-state index in [-0.39, 0.29) is 6.61 Å². The van der Waals surface area contributed by atoms with Gasteiger partial charge < -0.3 is 19.5 Å². The summed E-state index contributed by atoms with van der Waals surface area (Å²) in [5, 5.41) is 8.55. The summed E-state index contributed by atoms with van der Waals surface area (Å²) in [6.45, 7) is 8.79. The van der Waals surface area contributed by atoms with Crippen LogP contribution in [0.5, 0.6) is 11.5 Å². The number of hydrogen-bond donors (Lipinski definition) is 1. The van der Waals surface area contributed by atoms with Gasteiger partial charge >= 0.3 is 5.97 Å². The lowest BCUT2D eigenvalue weighted by Crippen LogP contribution is -2.29. The Bertz CT molecular complexity index is 1210. The summed E-state index contributed by atoms with van der Waals surface area (Å²) in [6, 6.07) is 15.2. The smallest absolute Gasteiger partial charge is 0.338 e. The van der Waals surface area contributed by atoms with E-state index >= 15 is 0 Å². The number of nitrogens with zero attached hydrogens (tertiary/aromatic N) is 3. The number of benzene rings is 2. The minimum atomic E-state index is -0.522. The number of hydrogen-bond acceptors (Lipinski definition) is 8. The van der Waals surface area contributed by atoms with Crippen molar-refractivity contribution < 1.29 is 19.0 Å². The van der Waals surface area contributed by atoms with Crippen LogP contribution in [0.1, 0.15) is 44.9 Å². The highest BCUT2D eigenvalue weighted by molar-refractivity contribution is 7.99. The van der Waals surface area contributed by atoms with Crippen LogP contribution in [0.2, 0.25) is 0 Å². The molecule has 4 rings (SSSR count). The molecule has 0 fully saturated rings. The maximum Gasteiger partial charge on any atom is 0.338 e. The summed E-state index contributed by atoms with van der Waals surface area (Å²) < 4.78 is 19.2. The van der Waals surface area contributed by atoms with E-state index in [0.29, 0.717) is 47.1 Å². The minimum Gasteiger partial charge on any atom is -0.490 e. The Morgan fingerprint density at radius 2 is 1.86 bits per heavy atom. The number of nitrogens with one attached hydrogen (secondary N) is 1. The van der Waals surface area contributed by atoms with Gasteiger partial charge in [0.25, 0.3) is 0 Å². The van der Waals surface area contributed by atoms with Crippen LogP contribution in [0.4, 0.5) is 5.95 Å². The van der Waals surface area contributed by atoms with E-state index in [1.165, 1.54) is 0 Å². The molecule has 0 radical (unpaired) electrons. The van der Waals surface area contributed by atoms with Crippen LogP contribution < -0.4 is 14.8 Å². The van der Waals surface area contributed by atoms with Gasteiger partial charge in [-0.05, 0) is 49.8 Å². The van der Waals surface area contributed by atoms with E-state index in [1.54, 1.807) is 23.4 Å². The second-order valence-electron chi connectivity index (χ2n) is 7.80. The highest BCUT2D eigenvalue weighted by Crippen LogP contribution is 2.40. The Kier molecular flexibility index (Phi) is 7.97.